The Morgan fingerprint density at radius 3 is 2.61 bits per heavy atom. The molecular weight excluding hydrogens is 292 g/mol. The van der Waals surface area contributed by atoms with E-state index in [1.54, 1.807) is 0 Å². The second-order valence-electron chi connectivity index (χ2n) is 5.31. The lowest BCUT2D eigenvalue weighted by Gasteiger charge is -2.29. The van der Waals surface area contributed by atoms with Gasteiger partial charge in [-0.25, -0.2) is 9.97 Å². The van der Waals surface area contributed by atoms with Gasteiger partial charge in [-0.15, -0.1) is 0 Å². The highest BCUT2D eigenvalue weighted by molar-refractivity contribution is 9.10. The van der Waals surface area contributed by atoms with E-state index in [1.807, 2.05) is 6.07 Å². The van der Waals surface area contributed by atoms with E-state index in [4.69, 9.17) is 0 Å². The molecule has 1 fully saturated rings. The van der Waals surface area contributed by atoms with Crippen molar-refractivity contribution in [1.29, 1.82) is 0 Å². The average molecular weight is 313 g/mol. The summed E-state index contributed by atoms with van der Waals surface area (Å²) in [5, 5.41) is 3.53. The highest BCUT2D eigenvalue weighted by atomic mass is 79.9. The summed E-state index contributed by atoms with van der Waals surface area (Å²) in [6, 6.07) is 2.49. The molecule has 1 aromatic heterocycles. The third kappa shape index (κ3) is 3.65. The number of nitrogens with one attached hydrogen (secondary N) is 1. The molecule has 1 aromatic rings. The van der Waals surface area contributed by atoms with Crippen molar-refractivity contribution in [1.82, 2.24) is 14.9 Å². The maximum Gasteiger partial charge on any atom is 0.134 e. The van der Waals surface area contributed by atoms with Gasteiger partial charge in [0.15, 0.2) is 0 Å². The summed E-state index contributed by atoms with van der Waals surface area (Å²) >= 11 is 3.46. The van der Waals surface area contributed by atoms with Crippen LogP contribution >= 0.6 is 15.9 Å². The van der Waals surface area contributed by atoms with E-state index in [-0.39, 0.29) is 0 Å². The molecule has 4 nitrogen and oxygen atoms in total. The van der Waals surface area contributed by atoms with E-state index in [0.29, 0.717) is 12.0 Å². The summed E-state index contributed by atoms with van der Waals surface area (Å²) in [5.74, 6) is 2.18. The lowest BCUT2D eigenvalue weighted by molar-refractivity contribution is 0.263. The molecule has 100 valence electrons. The van der Waals surface area contributed by atoms with Crippen LogP contribution in [0.2, 0.25) is 0 Å². The van der Waals surface area contributed by atoms with E-state index >= 15 is 0 Å². The third-order valence-electron chi connectivity index (χ3n) is 3.30. The van der Waals surface area contributed by atoms with Crippen LogP contribution in [-0.2, 0) is 0 Å². The van der Waals surface area contributed by atoms with Crippen molar-refractivity contribution in [3.05, 3.63) is 16.5 Å². The molecule has 0 unspecified atom stereocenters. The SMILES string of the molecule is CC(C)c1nc(Br)cc(NC2CCN(C)CC2)n1. The second kappa shape index (κ2) is 5.97. The first-order valence-electron chi connectivity index (χ1n) is 6.54. The van der Waals surface area contributed by atoms with Gasteiger partial charge in [-0.1, -0.05) is 13.8 Å². The molecule has 5 heteroatoms. The van der Waals surface area contributed by atoms with Crippen LogP contribution in [0, 0.1) is 0 Å². The Bertz CT molecular complexity index is 400. The Labute approximate surface area is 117 Å². The maximum absolute atomic E-state index is 4.58. The molecule has 1 aliphatic heterocycles. The van der Waals surface area contributed by atoms with Crippen LogP contribution in [0.25, 0.3) is 0 Å². The minimum absolute atomic E-state index is 0.348. The summed E-state index contributed by atoms with van der Waals surface area (Å²) in [7, 11) is 2.17. The molecule has 0 atom stereocenters. The van der Waals surface area contributed by atoms with Crippen molar-refractivity contribution in [2.45, 2.75) is 38.6 Å². The highest BCUT2D eigenvalue weighted by Gasteiger charge is 2.17. The molecule has 2 rings (SSSR count). The van der Waals surface area contributed by atoms with Gasteiger partial charge in [0.2, 0.25) is 0 Å². The fraction of sp³-hybridized carbons (Fsp3) is 0.692. The van der Waals surface area contributed by atoms with E-state index in [0.717, 1.165) is 29.3 Å². The molecule has 0 aromatic carbocycles. The van der Waals surface area contributed by atoms with Crippen molar-refractivity contribution < 1.29 is 0 Å². The van der Waals surface area contributed by atoms with Gasteiger partial charge in [0, 0.05) is 18.0 Å². The molecule has 1 aliphatic rings. The van der Waals surface area contributed by atoms with Crippen molar-refractivity contribution in [2.24, 2.45) is 0 Å². The molecule has 0 saturated carbocycles. The molecule has 1 saturated heterocycles. The fourth-order valence-corrected chi connectivity index (χ4v) is 2.53. The molecule has 18 heavy (non-hydrogen) atoms. The Morgan fingerprint density at radius 2 is 2.00 bits per heavy atom. The number of piperidine rings is 1. The predicted molar refractivity (Wildman–Crippen MR) is 78.0 cm³/mol. The monoisotopic (exact) mass is 312 g/mol. The first kappa shape index (κ1) is 13.7. The molecule has 0 aliphatic carbocycles. The van der Waals surface area contributed by atoms with E-state index in [2.05, 4.69) is 57.0 Å². The largest absolute Gasteiger partial charge is 0.367 e. The van der Waals surface area contributed by atoms with Gasteiger partial charge in [-0.05, 0) is 48.9 Å². The molecule has 0 amide bonds. The van der Waals surface area contributed by atoms with E-state index in [9.17, 15) is 0 Å². The Morgan fingerprint density at radius 1 is 1.33 bits per heavy atom. The van der Waals surface area contributed by atoms with Crippen molar-refractivity contribution in [3.63, 3.8) is 0 Å². The Hall–Kier alpha value is -0.680. The van der Waals surface area contributed by atoms with Crippen LogP contribution in [0.3, 0.4) is 0 Å². The normalized spacial score (nSPS) is 18.3. The predicted octanol–water partition coefficient (Wildman–Crippen LogP) is 2.87. The first-order valence-corrected chi connectivity index (χ1v) is 7.33. The number of halogens is 1. The highest BCUT2D eigenvalue weighted by Crippen LogP contribution is 2.20. The average Bonchev–Trinajstić information content (AvgIpc) is 2.31. The fourth-order valence-electron chi connectivity index (χ4n) is 2.13. The van der Waals surface area contributed by atoms with Gasteiger partial charge in [0.25, 0.3) is 0 Å². The summed E-state index contributed by atoms with van der Waals surface area (Å²) < 4.78 is 0.858. The number of hydrogen-bond donors (Lipinski definition) is 1. The van der Waals surface area contributed by atoms with Crippen LogP contribution in [-0.4, -0.2) is 41.0 Å². The van der Waals surface area contributed by atoms with E-state index < -0.39 is 0 Å². The Balaban J connectivity index is 2.04. The molecular formula is C13H21BrN4. The molecule has 0 radical (unpaired) electrons. The molecule has 1 N–H and O–H groups in total. The van der Waals surface area contributed by atoms with Crippen LogP contribution in [0.15, 0.2) is 10.7 Å². The topological polar surface area (TPSA) is 41.1 Å². The maximum atomic E-state index is 4.58. The van der Waals surface area contributed by atoms with Crippen LogP contribution in [0.5, 0.6) is 0 Å². The lowest BCUT2D eigenvalue weighted by Crippen LogP contribution is -2.36. The quantitative estimate of drug-likeness (QED) is 0.871. The third-order valence-corrected chi connectivity index (χ3v) is 3.71. The van der Waals surface area contributed by atoms with Gasteiger partial charge in [0.05, 0.1) is 0 Å². The molecule has 0 bridgehead atoms. The van der Waals surface area contributed by atoms with E-state index in [1.165, 1.54) is 12.8 Å². The van der Waals surface area contributed by atoms with Crippen LogP contribution in [0.4, 0.5) is 5.82 Å². The number of likely N-dealkylation sites (tertiary alicyclic amines) is 1. The summed E-state index contributed by atoms with van der Waals surface area (Å²) in [4.78, 5) is 11.3. The lowest BCUT2D eigenvalue weighted by atomic mass is 10.1. The number of hydrogen-bond acceptors (Lipinski definition) is 4. The number of anilines is 1. The Kier molecular flexibility index (Phi) is 4.56. The van der Waals surface area contributed by atoms with Gasteiger partial charge in [-0.2, -0.15) is 0 Å². The smallest absolute Gasteiger partial charge is 0.134 e. The minimum atomic E-state index is 0.348. The zero-order chi connectivity index (χ0) is 13.1. The van der Waals surface area contributed by atoms with Gasteiger partial charge in [0.1, 0.15) is 16.2 Å². The zero-order valence-electron chi connectivity index (χ0n) is 11.3. The van der Waals surface area contributed by atoms with Gasteiger partial charge >= 0.3 is 0 Å². The summed E-state index contributed by atoms with van der Waals surface area (Å²) in [6.45, 7) is 6.53. The van der Waals surface area contributed by atoms with Gasteiger partial charge < -0.3 is 10.2 Å². The summed E-state index contributed by atoms with van der Waals surface area (Å²) in [5.41, 5.74) is 0. The van der Waals surface area contributed by atoms with Gasteiger partial charge in [-0.3, -0.25) is 0 Å². The van der Waals surface area contributed by atoms with Crippen molar-refractivity contribution >= 4 is 21.7 Å². The van der Waals surface area contributed by atoms with Crippen LogP contribution < -0.4 is 5.32 Å². The van der Waals surface area contributed by atoms with Crippen LogP contribution in [0.1, 0.15) is 38.4 Å². The first-order chi connectivity index (χ1) is 8.54. The standard InChI is InChI=1S/C13H21BrN4/c1-9(2)13-16-11(14)8-12(17-13)15-10-4-6-18(3)7-5-10/h8-10H,4-7H2,1-3H3,(H,15,16,17). The molecule has 2 heterocycles. The number of aromatic nitrogens is 2. The number of rotatable bonds is 3. The van der Waals surface area contributed by atoms with Crippen molar-refractivity contribution in [3.8, 4) is 0 Å². The molecule has 0 spiro atoms. The zero-order valence-corrected chi connectivity index (χ0v) is 12.9. The minimum Gasteiger partial charge on any atom is -0.367 e. The second-order valence-corrected chi connectivity index (χ2v) is 6.12. The number of nitrogens with zero attached hydrogens (tertiary/aromatic N) is 3. The van der Waals surface area contributed by atoms with Crippen molar-refractivity contribution in [2.75, 3.05) is 25.5 Å². The summed E-state index contributed by atoms with van der Waals surface area (Å²) in [6.07, 6.45) is 2.35.